The summed E-state index contributed by atoms with van der Waals surface area (Å²) in [5.41, 5.74) is 0.773. The molecule has 0 saturated heterocycles. The number of hydrogen-bond donors (Lipinski definition) is 0. The molecular formula is C14H11FN2O3. The second kappa shape index (κ2) is 6.42. The Balaban J connectivity index is 2.04. The highest BCUT2D eigenvalue weighted by molar-refractivity contribution is 5.49. The highest BCUT2D eigenvalue weighted by atomic mass is 19.1. The monoisotopic (exact) mass is 274 g/mol. The Morgan fingerprint density at radius 2 is 2.20 bits per heavy atom. The summed E-state index contributed by atoms with van der Waals surface area (Å²) in [5, 5.41) is 10.2. The summed E-state index contributed by atoms with van der Waals surface area (Å²) in [7, 11) is 0. The molecule has 6 heteroatoms. The molecule has 0 unspecified atom stereocenters. The maximum atomic E-state index is 13.7. The minimum absolute atomic E-state index is 0.156. The van der Waals surface area contributed by atoms with Crippen molar-refractivity contribution in [3.63, 3.8) is 0 Å². The van der Waals surface area contributed by atoms with Crippen LogP contribution >= 0.6 is 0 Å². The third-order valence-corrected chi connectivity index (χ3v) is 2.47. The van der Waals surface area contributed by atoms with Gasteiger partial charge in [-0.15, -0.1) is 0 Å². The summed E-state index contributed by atoms with van der Waals surface area (Å²) >= 11 is 0. The topological polar surface area (TPSA) is 65.3 Å². The molecule has 5 nitrogen and oxygen atoms in total. The summed E-state index contributed by atoms with van der Waals surface area (Å²) in [6.45, 7) is 0.174. The summed E-state index contributed by atoms with van der Waals surface area (Å²) in [5.74, 6) is -0.0875. The zero-order valence-corrected chi connectivity index (χ0v) is 10.4. The number of hydrogen-bond acceptors (Lipinski definition) is 4. The first-order valence-electron chi connectivity index (χ1n) is 5.79. The molecule has 0 aliphatic heterocycles. The smallest absolute Gasteiger partial charge is 0.235 e. The summed E-state index contributed by atoms with van der Waals surface area (Å²) < 4.78 is 19.1. The fourth-order valence-electron chi connectivity index (χ4n) is 1.53. The van der Waals surface area contributed by atoms with Crippen LogP contribution in [0, 0.1) is 15.9 Å². The van der Waals surface area contributed by atoms with E-state index in [9.17, 15) is 14.5 Å². The number of rotatable bonds is 5. The van der Waals surface area contributed by atoms with Crippen LogP contribution in [-0.4, -0.2) is 9.91 Å². The van der Waals surface area contributed by atoms with E-state index in [2.05, 4.69) is 4.98 Å². The van der Waals surface area contributed by atoms with Crippen molar-refractivity contribution in [2.45, 2.75) is 6.61 Å². The van der Waals surface area contributed by atoms with Crippen molar-refractivity contribution in [2.75, 3.05) is 0 Å². The van der Waals surface area contributed by atoms with Gasteiger partial charge in [0, 0.05) is 23.9 Å². The Morgan fingerprint density at radius 3 is 2.85 bits per heavy atom. The van der Waals surface area contributed by atoms with Gasteiger partial charge in [-0.25, -0.2) is 9.37 Å². The standard InChI is InChI=1S/C14H11FN2O3/c15-13-9-11(4-5-12(13)6-8-17(18)19)10-20-14-3-1-2-7-16-14/h1-9H,10H2. The first-order valence-corrected chi connectivity index (χ1v) is 5.79. The number of halogens is 1. The van der Waals surface area contributed by atoms with Crippen molar-refractivity contribution >= 4 is 6.08 Å². The van der Waals surface area contributed by atoms with E-state index < -0.39 is 10.7 Å². The number of aromatic nitrogens is 1. The SMILES string of the molecule is O=[N+]([O-])C=Cc1ccc(COc2ccccn2)cc1F. The molecule has 1 heterocycles. The van der Waals surface area contributed by atoms with Crippen LogP contribution in [0.25, 0.3) is 6.08 Å². The number of ether oxygens (including phenoxy) is 1. The predicted octanol–water partition coefficient (Wildman–Crippen LogP) is 3.05. The molecule has 1 aromatic heterocycles. The highest BCUT2D eigenvalue weighted by Crippen LogP contribution is 2.14. The normalized spacial score (nSPS) is 10.7. The Bertz CT molecular complexity index is 630. The Kier molecular flexibility index (Phi) is 4.39. The highest BCUT2D eigenvalue weighted by Gasteiger charge is 2.03. The first-order chi connectivity index (χ1) is 9.65. The lowest BCUT2D eigenvalue weighted by atomic mass is 10.1. The van der Waals surface area contributed by atoms with Crippen molar-refractivity contribution in [3.05, 3.63) is 75.9 Å². The Labute approximate surface area is 114 Å². The van der Waals surface area contributed by atoms with Crippen LogP contribution < -0.4 is 4.74 Å². The van der Waals surface area contributed by atoms with Crippen LogP contribution in [0.5, 0.6) is 5.88 Å². The van der Waals surface area contributed by atoms with E-state index in [4.69, 9.17) is 4.74 Å². The first kappa shape index (κ1) is 13.7. The van der Waals surface area contributed by atoms with Crippen LogP contribution in [0.3, 0.4) is 0 Å². The molecule has 0 fully saturated rings. The van der Waals surface area contributed by atoms with Gasteiger partial charge in [0.1, 0.15) is 12.4 Å². The van der Waals surface area contributed by atoms with Crippen molar-refractivity contribution in [1.29, 1.82) is 0 Å². The Morgan fingerprint density at radius 1 is 1.35 bits per heavy atom. The molecule has 0 N–H and O–H groups in total. The van der Waals surface area contributed by atoms with Gasteiger partial charge >= 0.3 is 0 Å². The van der Waals surface area contributed by atoms with Gasteiger partial charge in [0.2, 0.25) is 12.1 Å². The summed E-state index contributed by atoms with van der Waals surface area (Å²) in [4.78, 5) is 13.5. The van der Waals surface area contributed by atoms with E-state index in [0.717, 1.165) is 6.08 Å². The number of nitro groups is 1. The maximum absolute atomic E-state index is 13.7. The second-order valence-electron chi connectivity index (χ2n) is 3.91. The largest absolute Gasteiger partial charge is 0.473 e. The molecule has 0 spiro atoms. The lowest BCUT2D eigenvalue weighted by molar-refractivity contribution is -0.400. The Hall–Kier alpha value is -2.76. The van der Waals surface area contributed by atoms with Gasteiger partial charge < -0.3 is 4.74 Å². The molecule has 0 aliphatic rings. The molecule has 0 radical (unpaired) electrons. The molecule has 0 aliphatic carbocycles. The molecule has 20 heavy (non-hydrogen) atoms. The molecular weight excluding hydrogens is 263 g/mol. The van der Waals surface area contributed by atoms with E-state index in [0.29, 0.717) is 17.6 Å². The molecule has 1 aromatic carbocycles. The van der Waals surface area contributed by atoms with Gasteiger partial charge in [0.15, 0.2) is 0 Å². The van der Waals surface area contributed by atoms with Crippen molar-refractivity contribution < 1.29 is 14.1 Å². The van der Waals surface area contributed by atoms with E-state index in [1.54, 1.807) is 30.5 Å². The zero-order valence-electron chi connectivity index (χ0n) is 10.4. The van der Waals surface area contributed by atoms with Crippen LogP contribution in [-0.2, 0) is 6.61 Å². The van der Waals surface area contributed by atoms with Gasteiger partial charge in [-0.1, -0.05) is 18.2 Å². The van der Waals surface area contributed by atoms with Crippen LogP contribution in [0.1, 0.15) is 11.1 Å². The van der Waals surface area contributed by atoms with Crippen LogP contribution in [0.15, 0.2) is 48.8 Å². The third kappa shape index (κ3) is 3.88. The average Bonchev–Trinajstić information content (AvgIpc) is 2.45. The molecule has 102 valence electrons. The van der Waals surface area contributed by atoms with E-state index in [1.807, 2.05) is 0 Å². The van der Waals surface area contributed by atoms with Gasteiger partial charge in [0.25, 0.3) is 0 Å². The summed E-state index contributed by atoms with van der Waals surface area (Å²) in [6.07, 6.45) is 3.41. The number of benzene rings is 1. The summed E-state index contributed by atoms with van der Waals surface area (Å²) in [6, 6.07) is 9.64. The molecule has 0 amide bonds. The molecule has 0 bridgehead atoms. The molecule has 2 aromatic rings. The van der Waals surface area contributed by atoms with Crippen molar-refractivity contribution in [2.24, 2.45) is 0 Å². The van der Waals surface area contributed by atoms with Gasteiger partial charge in [-0.2, -0.15) is 0 Å². The lowest BCUT2D eigenvalue weighted by Gasteiger charge is -2.05. The molecule has 2 rings (SSSR count). The second-order valence-corrected chi connectivity index (χ2v) is 3.91. The predicted molar refractivity (Wildman–Crippen MR) is 71.0 cm³/mol. The average molecular weight is 274 g/mol. The van der Waals surface area contributed by atoms with Gasteiger partial charge in [-0.05, 0) is 17.7 Å². The third-order valence-electron chi connectivity index (χ3n) is 2.47. The lowest BCUT2D eigenvalue weighted by Crippen LogP contribution is -1.98. The fourth-order valence-corrected chi connectivity index (χ4v) is 1.53. The zero-order chi connectivity index (χ0) is 14.4. The van der Waals surface area contributed by atoms with Gasteiger partial charge in [0.05, 0.1) is 4.92 Å². The molecule has 0 saturated carbocycles. The molecule has 0 atom stereocenters. The van der Waals surface area contributed by atoms with E-state index in [-0.39, 0.29) is 12.2 Å². The van der Waals surface area contributed by atoms with E-state index >= 15 is 0 Å². The van der Waals surface area contributed by atoms with Crippen LogP contribution in [0.4, 0.5) is 4.39 Å². The number of pyridine rings is 1. The minimum atomic E-state index is -0.641. The van der Waals surface area contributed by atoms with Gasteiger partial charge in [-0.3, -0.25) is 10.1 Å². The quantitative estimate of drug-likeness (QED) is 0.621. The minimum Gasteiger partial charge on any atom is -0.473 e. The van der Waals surface area contributed by atoms with Crippen molar-refractivity contribution in [3.8, 4) is 5.88 Å². The van der Waals surface area contributed by atoms with Crippen LogP contribution in [0.2, 0.25) is 0 Å². The van der Waals surface area contributed by atoms with Crippen molar-refractivity contribution in [1.82, 2.24) is 4.98 Å². The fraction of sp³-hybridized carbons (Fsp3) is 0.0714. The van der Waals surface area contributed by atoms with E-state index in [1.165, 1.54) is 12.1 Å². The maximum Gasteiger partial charge on any atom is 0.235 e. The number of nitrogens with zero attached hydrogens (tertiary/aromatic N) is 2.